The first-order chi connectivity index (χ1) is 9.40. The van der Waals surface area contributed by atoms with Crippen LogP contribution in [0.4, 0.5) is 0 Å². The maximum atomic E-state index is 5.82. The minimum atomic E-state index is 0.139. The molecule has 3 atom stereocenters. The van der Waals surface area contributed by atoms with Gasteiger partial charge in [-0.3, -0.25) is 11.3 Å². The van der Waals surface area contributed by atoms with Gasteiger partial charge in [-0.25, -0.2) is 4.98 Å². The lowest BCUT2D eigenvalue weighted by Gasteiger charge is -2.32. The molecule has 0 aliphatic heterocycles. The van der Waals surface area contributed by atoms with Crippen LogP contribution in [0.5, 0.6) is 0 Å². The van der Waals surface area contributed by atoms with Gasteiger partial charge >= 0.3 is 0 Å². The molecule has 0 aromatic carbocycles. The molecule has 20 heavy (non-hydrogen) atoms. The maximum Gasteiger partial charge on any atom is 0.0944 e. The van der Waals surface area contributed by atoms with Crippen molar-refractivity contribution in [3.05, 3.63) is 16.1 Å². The Morgan fingerprint density at radius 3 is 2.75 bits per heavy atom. The van der Waals surface area contributed by atoms with E-state index in [0.29, 0.717) is 12.0 Å². The average Bonchev–Trinajstić information content (AvgIpc) is 2.84. The summed E-state index contributed by atoms with van der Waals surface area (Å²) in [6, 6.07) is 0.372. The van der Waals surface area contributed by atoms with Crippen molar-refractivity contribution in [2.75, 3.05) is 0 Å². The second-order valence-corrected chi connectivity index (χ2v) is 8.33. The molecule has 1 aliphatic carbocycles. The number of rotatable bonds is 4. The molecule has 1 saturated carbocycles. The number of nitrogens with zero attached hydrogens (tertiary/aromatic N) is 1. The Morgan fingerprint density at radius 2 is 2.20 bits per heavy atom. The summed E-state index contributed by atoms with van der Waals surface area (Å²) in [6.07, 6.45) is 6.28. The number of aromatic nitrogens is 1. The van der Waals surface area contributed by atoms with Crippen molar-refractivity contribution in [3.8, 4) is 0 Å². The molecule has 3 nitrogen and oxygen atoms in total. The number of hydrogen-bond acceptors (Lipinski definition) is 4. The van der Waals surface area contributed by atoms with E-state index in [0.717, 1.165) is 12.3 Å². The summed E-state index contributed by atoms with van der Waals surface area (Å²) in [6.45, 7) is 9.01. The molecule has 3 N–H and O–H groups in total. The van der Waals surface area contributed by atoms with Gasteiger partial charge < -0.3 is 0 Å². The van der Waals surface area contributed by atoms with Gasteiger partial charge in [0, 0.05) is 23.3 Å². The second-order valence-electron chi connectivity index (χ2n) is 7.39. The number of hydrazine groups is 1. The summed E-state index contributed by atoms with van der Waals surface area (Å²) in [5.41, 5.74) is 4.39. The van der Waals surface area contributed by atoms with E-state index in [2.05, 4.69) is 38.5 Å². The third-order valence-electron chi connectivity index (χ3n) is 4.47. The number of nitrogens with one attached hydrogen (secondary N) is 1. The zero-order valence-corrected chi connectivity index (χ0v) is 14.1. The molecule has 1 aromatic heterocycles. The fourth-order valence-corrected chi connectivity index (χ4v) is 4.23. The first kappa shape index (κ1) is 15.9. The Kier molecular flexibility index (Phi) is 5.21. The smallest absolute Gasteiger partial charge is 0.0944 e. The molecule has 0 spiro atoms. The summed E-state index contributed by atoms with van der Waals surface area (Å²) in [4.78, 5) is 4.81. The summed E-state index contributed by atoms with van der Waals surface area (Å²) < 4.78 is 0. The molecule has 114 valence electrons. The van der Waals surface area contributed by atoms with Crippen LogP contribution in [-0.4, -0.2) is 11.0 Å². The van der Waals surface area contributed by atoms with Crippen LogP contribution in [-0.2, 0) is 11.8 Å². The number of hydrogen-bond donors (Lipinski definition) is 2. The standard InChI is InChI=1S/C16H29N3S/c1-11-6-5-7-12(8-11)13(19-17)9-15-18-14(10-20-15)16(2,3)4/h10-13,19H,5-9,17H2,1-4H3. The lowest BCUT2D eigenvalue weighted by Crippen LogP contribution is -2.44. The maximum absolute atomic E-state index is 5.82. The lowest BCUT2D eigenvalue weighted by molar-refractivity contribution is 0.222. The molecule has 1 fully saturated rings. The molecular weight excluding hydrogens is 266 g/mol. The summed E-state index contributed by atoms with van der Waals surface area (Å²) in [5.74, 6) is 7.36. The molecule has 4 heteroatoms. The van der Waals surface area contributed by atoms with E-state index in [9.17, 15) is 0 Å². The van der Waals surface area contributed by atoms with Crippen LogP contribution in [0.25, 0.3) is 0 Å². The Labute approximate surface area is 127 Å². The van der Waals surface area contributed by atoms with Crippen LogP contribution in [0.15, 0.2) is 5.38 Å². The van der Waals surface area contributed by atoms with Gasteiger partial charge in [0.15, 0.2) is 0 Å². The van der Waals surface area contributed by atoms with Crippen LogP contribution in [0.2, 0.25) is 0 Å². The Balaban J connectivity index is 2.01. The van der Waals surface area contributed by atoms with Gasteiger partial charge in [0.1, 0.15) is 0 Å². The van der Waals surface area contributed by atoms with Gasteiger partial charge in [-0.1, -0.05) is 40.5 Å². The van der Waals surface area contributed by atoms with Crippen LogP contribution >= 0.6 is 11.3 Å². The highest BCUT2D eigenvalue weighted by Gasteiger charge is 2.27. The van der Waals surface area contributed by atoms with Gasteiger partial charge in [-0.2, -0.15) is 0 Å². The van der Waals surface area contributed by atoms with E-state index >= 15 is 0 Å². The fourth-order valence-electron chi connectivity index (χ4n) is 3.15. The Morgan fingerprint density at radius 1 is 1.45 bits per heavy atom. The Bertz CT molecular complexity index is 422. The first-order valence-corrected chi connectivity index (χ1v) is 8.69. The van der Waals surface area contributed by atoms with Crippen LogP contribution in [0.1, 0.15) is 64.1 Å². The Hall–Kier alpha value is -0.450. The van der Waals surface area contributed by atoms with Crippen molar-refractivity contribution >= 4 is 11.3 Å². The van der Waals surface area contributed by atoms with E-state index in [1.807, 2.05) is 0 Å². The molecule has 2 rings (SSSR count). The van der Waals surface area contributed by atoms with Crippen LogP contribution in [0, 0.1) is 11.8 Å². The number of thiazole rings is 1. The molecule has 3 unspecified atom stereocenters. The molecule has 1 heterocycles. The third-order valence-corrected chi connectivity index (χ3v) is 5.35. The van der Waals surface area contributed by atoms with E-state index in [-0.39, 0.29) is 5.41 Å². The summed E-state index contributed by atoms with van der Waals surface area (Å²) in [7, 11) is 0. The molecule has 0 bridgehead atoms. The molecule has 1 aromatic rings. The normalized spacial score (nSPS) is 25.6. The highest BCUT2D eigenvalue weighted by molar-refractivity contribution is 7.09. The lowest BCUT2D eigenvalue weighted by atomic mass is 9.78. The van der Waals surface area contributed by atoms with E-state index in [1.165, 1.54) is 36.4 Å². The van der Waals surface area contributed by atoms with E-state index < -0.39 is 0 Å². The van der Waals surface area contributed by atoms with Gasteiger partial charge in [0.25, 0.3) is 0 Å². The predicted molar refractivity (Wildman–Crippen MR) is 86.8 cm³/mol. The first-order valence-electron chi connectivity index (χ1n) is 7.81. The fraction of sp³-hybridized carbons (Fsp3) is 0.812. The topological polar surface area (TPSA) is 50.9 Å². The minimum absolute atomic E-state index is 0.139. The van der Waals surface area contributed by atoms with E-state index in [4.69, 9.17) is 10.8 Å². The van der Waals surface area contributed by atoms with Gasteiger partial charge in [0.2, 0.25) is 0 Å². The van der Waals surface area contributed by atoms with Crippen molar-refractivity contribution in [1.29, 1.82) is 0 Å². The largest absolute Gasteiger partial charge is 0.271 e. The minimum Gasteiger partial charge on any atom is -0.271 e. The van der Waals surface area contributed by atoms with Gasteiger partial charge in [-0.05, 0) is 24.7 Å². The van der Waals surface area contributed by atoms with Crippen molar-refractivity contribution in [2.45, 2.75) is 71.3 Å². The third kappa shape index (κ3) is 4.03. The van der Waals surface area contributed by atoms with Crippen LogP contribution in [0.3, 0.4) is 0 Å². The average molecular weight is 295 g/mol. The molecule has 0 amide bonds. The predicted octanol–water partition coefficient (Wildman–Crippen LogP) is 3.64. The number of nitrogens with two attached hydrogens (primary N) is 1. The van der Waals surface area contributed by atoms with Crippen molar-refractivity contribution in [1.82, 2.24) is 10.4 Å². The molecule has 1 aliphatic rings. The highest BCUT2D eigenvalue weighted by Crippen LogP contribution is 2.32. The van der Waals surface area contributed by atoms with Crippen LogP contribution < -0.4 is 11.3 Å². The monoisotopic (exact) mass is 295 g/mol. The zero-order chi connectivity index (χ0) is 14.8. The van der Waals surface area contributed by atoms with Crippen molar-refractivity contribution in [3.63, 3.8) is 0 Å². The van der Waals surface area contributed by atoms with Gasteiger partial charge in [-0.15, -0.1) is 11.3 Å². The van der Waals surface area contributed by atoms with Crippen molar-refractivity contribution in [2.24, 2.45) is 17.7 Å². The zero-order valence-electron chi connectivity index (χ0n) is 13.3. The van der Waals surface area contributed by atoms with Gasteiger partial charge in [0.05, 0.1) is 10.7 Å². The molecular formula is C16H29N3S. The summed E-state index contributed by atoms with van der Waals surface area (Å²) >= 11 is 1.78. The highest BCUT2D eigenvalue weighted by atomic mass is 32.1. The quantitative estimate of drug-likeness (QED) is 0.658. The SMILES string of the molecule is CC1CCCC(C(Cc2nc(C(C)(C)C)cs2)NN)C1. The molecule has 0 saturated heterocycles. The van der Waals surface area contributed by atoms with E-state index in [1.54, 1.807) is 11.3 Å². The molecule has 0 radical (unpaired) electrons. The van der Waals surface area contributed by atoms with Crippen molar-refractivity contribution < 1.29 is 0 Å². The second kappa shape index (κ2) is 6.54. The summed E-state index contributed by atoms with van der Waals surface area (Å²) in [5, 5.41) is 3.42.